The van der Waals surface area contributed by atoms with E-state index in [9.17, 15) is 0 Å². The van der Waals surface area contributed by atoms with Crippen molar-refractivity contribution in [3.63, 3.8) is 0 Å². The topological polar surface area (TPSA) is 21.6 Å². The van der Waals surface area contributed by atoms with Crippen LogP contribution < -0.4 is 0 Å². The Balaban J connectivity index is 2.74. The third kappa shape index (κ3) is 2.53. The van der Waals surface area contributed by atoms with Crippen LogP contribution in [0.1, 0.15) is 26.2 Å². The lowest BCUT2D eigenvalue weighted by atomic mass is 10.1. The lowest BCUT2D eigenvalue weighted by molar-refractivity contribution is 0.288. The highest BCUT2D eigenvalue weighted by molar-refractivity contribution is 5.59. The first kappa shape index (κ1) is 9.04. The van der Waals surface area contributed by atoms with Crippen molar-refractivity contribution < 1.29 is 4.74 Å². The summed E-state index contributed by atoms with van der Waals surface area (Å²) in [7, 11) is 1.64. The molecule has 1 aliphatic rings. The molecule has 0 radical (unpaired) electrons. The summed E-state index contributed by atoms with van der Waals surface area (Å²) >= 11 is 0. The van der Waals surface area contributed by atoms with Gasteiger partial charge in [0.2, 0.25) is 5.88 Å². The third-order valence-electron chi connectivity index (χ3n) is 1.94. The molecule has 1 aliphatic heterocycles. The highest BCUT2D eigenvalue weighted by Crippen LogP contribution is 2.12. The SMILES string of the molecule is CC/C1=C/C=C(OC)\N=C/CC1. The van der Waals surface area contributed by atoms with Crippen LogP contribution in [0.2, 0.25) is 0 Å². The van der Waals surface area contributed by atoms with Gasteiger partial charge in [-0.05, 0) is 19.3 Å². The second kappa shape index (κ2) is 4.75. The van der Waals surface area contributed by atoms with Crippen LogP contribution in [0.5, 0.6) is 0 Å². The first-order valence-electron chi connectivity index (χ1n) is 4.33. The largest absolute Gasteiger partial charge is 0.481 e. The molecule has 12 heavy (non-hydrogen) atoms. The zero-order chi connectivity index (χ0) is 8.81. The highest BCUT2D eigenvalue weighted by Gasteiger charge is 1.97. The molecule has 66 valence electrons. The van der Waals surface area contributed by atoms with Gasteiger partial charge >= 0.3 is 0 Å². The first-order valence-corrected chi connectivity index (χ1v) is 4.33. The second-order valence-corrected chi connectivity index (χ2v) is 2.74. The van der Waals surface area contributed by atoms with Crippen LogP contribution in [0.15, 0.2) is 28.6 Å². The summed E-state index contributed by atoms with van der Waals surface area (Å²) in [5.41, 5.74) is 1.45. The van der Waals surface area contributed by atoms with Gasteiger partial charge in [0.05, 0.1) is 7.11 Å². The lowest BCUT2D eigenvalue weighted by Crippen LogP contribution is -1.90. The minimum absolute atomic E-state index is 0.695. The fourth-order valence-corrected chi connectivity index (χ4v) is 1.14. The molecule has 0 N–H and O–H groups in total. The maximum absolute atomic E-state index is 5.04. The van der Waals surface area contributed by atoms with Gasteiger partial charge in [0.1, 0.15) is 0 Å². The predicted molar refractivity (Wildman–Crippen MR) is 51.2 cm³/mol. The van der Waals surface area contributed by atoms with E-state index in [4.69, 9.17) is 4.74 Å². The Labute approximate surface area is 73.6 Å². The van der Waals surface area contributed by atoms with E-state index in [0.717, 1.165) is 19.3 Å². The fourth-order valence-electron chi connectivity index (χ4n) is 1.14. The van der Waals surface area contributed by atoms with Crippen LogP contribution in [0.25, 0.3) is 0 Å². The van der Waals surface area contributed by atoms with E-state index in [1.54, 1.807) is 7.11 Å². The minimum Gasteiger partial charge on any atom is -0.481 e. The van der Waals surface area contributed by atoms with Gasteiger partial charge in [0.25, 0.3) is 0 Å². The maximum atomic E-state index is 5.04. The molecule has 0 amide bonds. The van der Waals surface area contributed by atoms with Crippen LogP contribution in [-0.2, 0) is 4.74 Å². The summed E-state index contributed by atoms with van der Waals surface area (Å²) in [5.74, 6) is 0.695. The average Bonchev–Trinajstić information content (AvgIpc) is 2.05. The van der Waals surface area contributed by atoms with Gasteiger partial charge < -0.3 is 4.74 Å². The van der Waals surface area contributed by atoms with Crippen LogP contribution in [0.3, 0.4) is 0 Å². The van der Waals surface area contributed by atoms with Crippen molar-refractivity contribution in [2.45, 2.75) is 26.2 Å². The van der Waals surface area contributed by atoms with Gasteiger partial charge in [-0.3, -0.25) is 0 Å². The molecule has 0 unspecified atom stereocenters. The summed E-state index contributed by atoms with van der Waals surface area (Å²) in [6.07, 6.45) is 9.19. The molecular weight excluding hydrogens is 150 g/mol. The molecule has 0 aliphatic carbocycles. The number of rotatable bonds is 2. The van der Waals surface area contributed by atoms with Gasteiger partial charge in [-0.1, -0.05) is 18.6 Å². The Morgan fingerprint density at radius 3 is 3.00 bits per heavy atom. The van der Waals surface area contributed by atoms with E-state index >= 15 is 0 Å². The van der Waals surface area contributed by atoms with E-state index in [2.05, 4.69) is 18.0 Å². The summed E-state index contributed by atoms with van der Waals surface area (Å²) in [4.78, 5) is 4.14. The highest BCUT2D eigenvalue weighted by atomic mass is 16.5. The molecule has 0 aromatic rings. The van der Waals surface area contributed by atoms with Crippen molar-refractivity contribution in [1.29, 1.82) is 0 Å². The van der Waals surface area contributed by atoms with E-state index in [-0.39, 0.29) is 0 Å². The molecule has 0 atom stereocenters. The molecule has 0 saturated carbocycles. The molecule has 1 heterocycles. The summed E-state index contributed by atoms with van der Waals surface area (Å²) in [5, 5.41) is 0. The van der Waals surface area contributed by atoms with Crippen molar-refractivity contribution in [2.75, 3.05) is 7.11 Å². The molecule has 2 heteroatoms. The molecule has 0 bridgehead atoms. The summed E-state index contributed by atoms with van der Waals surface area (Å²) in [6, 6.07) is 0. The predicted octanol–water partition coefficient (Wildman–Crippen LogP) is 2.68. The number of allylic oxidation sites excluding steroid dienone is 3. The van der Waals surface area contributed by atoms with Crippen LogP contribution in [-0.4, -0.2) is 13.3 Å². The van der Waals surface area contributed by atoms with E-state index in [1.165, 1.54) is 5.57 Å². The quantitative estimate of drug-likeness (QED) is 0.616. The molecule has 0 spiro atoms. The molecule has 1 rings (SSSR count). The average molecular weight is 165 g/mol. The van der Waals surface area contributed by atoms with E-state index in [1.807, 2.05) is 12.3 Å². The summed E-state index contributed by atoms with van der Waals surface area (Å²) in [6.45, 7) is 2.17. The normalized spacial score (nSPS) is 28.8. The maximum Gasteiger partial charge on any atom is 0.212 e. The molecule has 2 nitrogen and oxygen atoms in total. The molecule has 0 saturated heterocycles. The van der Waals surface area contributed by atoms with Crippen molar-refractivity contribution >= 4 is 6.21 Å². The minimum atomic E-state index is 0.695. The Hall–Kier alpha value is -1.05. The van der Waals surface area contributed by atoms with Gasteiger partial charge in [0.15, 0.2) is 0 Å². The Bertz CT molecular complexity index is 226. The van der Waals surface area contributed by atoms with Crippen LogP contribution in [0.4, 0.5) is 0 Å². The van der Waals surface area contributed by atoms with E-state index < -0.39 is 0 Å². The number of hydrogen-bond acceptors (Lipinski definition) is 2. The molecule has 0 fully saturated rings. The monoisotopic (exact) mass is 165 g/mol. The number of hydrogen-bond donors (Lipinski definition) is 0. The molecule has 0 aromatic heterocycles. The Morgan fingerprint density at radius 2 is 2.33 bits per heavy atom. The van der Waals surface area contributed by atoms with Crippen LogP contribution in [0, 0.1) is 0 Å². The Morgan fingerprint density at radius 1 is 1.50 bits per heavy atom. The van der Waals surface area contributed by atoms with Gasteiger partial charge in [-0.2, -0.15) is 0 Å². The number of nitrogens with zero attached hydrogens (tertiary/aromatic N) is 1. The fraction of sp³-hybridized carbons (Fsp3) is 0.500. The summed E-state index contributed by atoms with van der Waals surface area (Å²) < 4.78 is 5.04. The standard InChI is InChI=1S/C10H15NO/c1-3-9-5-4-8-11-10(12-2)7-6-9/h6-8H,3-5H2,1-2H3/b9-6-,10-7+,11-8-. The number of methoxy groups -OCH3 is 1. The molecule has 0 aromatic carbocycles. The zero-order valence-electron chi connectivity index (χ0n) is 7.71. The lowest BCUT2D eigenvalue weighted by Gasteiger charge is -2.04. The zero-order valence-corrected chi connectivity index (χ0v) is 7.71. The number of aliphatic imine (C=N–C) groups is 1. The Kier molecular flexibility index (Phi) is 3.58. The van der Waals surface area contributed by atoms with Crippen molar-refractivity contribution in [2.24, 2.45) is 4.99 Å². The van der Waals surface area contributed by atoms with Crippen LogP contribution >= 0.6 is 0 Å². The van der Waals surface area contributed by atoms with Crippen molar-refractivity contribution in [3.05, 3.63) is 23.6 Å². The van der Waals surface area contributed by atoms with Crippen molar-refractivity contribution in [3.8, 4) is 0 Å². The van der Waals surface area contributed by atoms with Gasteiger partial charge in [0, 0.05) is 12.3 Å². The molecular formula is C10H15NO. The van der Waals surface area contributed by atoms with Gasteiger partial charge in [-0.25, -0.2) is 4.99 Å². The smallest absolute Gasteiger partial charge is 0.212 e. The number of ether oxygens (including phenoxy) is 1. The third-order valence-corrected chi connectivity index (χ3v) is 1.94. The van der Waals surface area contributed by atoms with E-state index in [0.29, 0.717) is 5.88 Å². The van der Waals surface area contributed by atoms with Gasteiger partial charge in [-0.15, -0.1) is 0 Å². The van der Waals surface area contributed by atoms with Crippen molar-refractivity contribution in [1.82, 2.24) is 0 Å². The first-order chi connectivity index (χ1) is 5.86. The second-order valence-electron chi connectivity index (χ2n) is 2.74.